The number of carboxylic acid groups (broad SMARTS) is 1. The first-order valence-electron chi connectivity index (χ1n) is 7.00. The zero-order valence-corrected chi connectivity index (χ0v) is 11.8. The summed E-state index contributed by atoms with van der Waals surface area (Å²) in [6.45, 7) is 3.98. The minimum absolute atomic E-state index is 0.579. The molecular formula is C17H22O2. The molecule has 0 heterocycles. The SMILES string of the molecule is CC1=C(C(C)(Cc2ccccc2)C(=O)O)CCCC1. The van der Waals surface area contributed by atoms with Crippen LogP contribution in [0.15, 0.2) is 41.5 Å². The van der Waals surface area contributed by atoms with Crippen LogP contribution in [-0.2, 0) is 11.2 Å². The maximum atomic E-state index is 11.8. The number of benzene rings is 1. The first-order valence-corrected chi connectivity index (χ1v) is 7.00. The van der Waals surface area contributed by atoms with E-state index in [9.17, 15) is 9.90 Å². The quantitative estimate of drug-likeness (QED) is 0.821. The van der Waals surface area contributed by atoms with E-state index in [1.165, 1.54) is 12.0 Å². The lowest BCUT2D eigenvalue weighted by Crippen LogP contribution is -2.34. The van der Waals surface area contributed by atoms with Gasteiger partial charge in [-0.1, -0.05) is 41.5 Å². The zero-order valence-electron chi connectivity index (χ0n) is 11.8. The van der Waals surface area contributed by atoms with E-state index in [1.807, 2.05) is 37.3 Å². The Morgan fingerprint density at radius 2 is 1.84 bits per heavy atom. The Morgan fingerprint density at radius 1 is 1.21 bits per heavy atom. The number of allylic oxidation sites excluding steroid dienone is 1. The Morgan fingerprint density at radius 3 is 2.42 bits per heavy atom. The Kier molecular flexibility index (Phi) is 4.08. The molecule has 0 amide bonds. The lowest BCUT2D eigenvalue weighted by atomic mass is 9.71. The third-order valence-corrected chi connectivity index (χ3v) is 4.28. The first-order chi connectivity index (χ1) is 9.04. The van der Waals surface area contributed by atoms with Gasteiger partial charge in [-0.3, -0.25) is 4.79 Å². The van der Waals surface area contributed by atoms with Crippen LogP contribution in [0.3, 0.4) is 0 Å². The number of aliphatic carboxylic acids is 1. The molecule has 0 radical (unpaired) electrons. The van der Waals surface area contributed by atoms with Crippen molar-refractivity contribution in [1.29, 1.82) is 0 Å². The molecule has 0 spiro atoms. The average Bonchev–Trinajstić information content (AvgIpc) is 2.40. The molecule has 0 aliphatic heterocycles. The number of carbonyl (C=O) groups is 1. The largest absolute Gasteiger partial charge is 0.481 e. The molecule has 2 nitrogen and oxygen atoms in total. The van der Waals surface area contributed by atoms with Gasteiger partial charge >= 0.3 is 5.97 Å². The summed E-state index contributed by atoms with van der Waals surface area (Å²) in [6.07, 6.45) is 4.87. The molecule has 2 heteroatoms. The predicted octanol–water partition coefficient (Wildman–Crippen LogP) is 4.21. The van der Waals surface area contributed by atoms with E-state index in [0.717, 1.165) is 30.4 Å². The van der Waals surface area contributed by atoms with Gasteiger partial charge < -0.3 is 5.11 Å². The molecule has 0 saturated carbocycles. The molecular weight excluding hydrogens is 236 g/mol. The lowest BCUT2D eigenvalue weighted by molar-refractivity contribution is -0.145. The van der Waals surface area contributed by atoms with Crippen molar-refractivity contribution in [2.45, 2.75) is 46.0 Å². The minimum atomic E-state index is -0.758. The fourth-order valence-corrected chi connectivity index (χ4v) is 3.12. The van der Waals surface area contributed by atoms with Crippen LogP contribution < -0.4 is 0 Å². The van der Waals surface area contributed by atoms with Crippen LogP contribution in [0.1, 0.15) is 45.1 Å². The van der Waals surface area contributed by atoms with E-state index in [-0.39, 0.29) is 0 Å². The number of rotatable bonds is 4. The highest BCUT2D eigenvalue weighted by Gasteiger charge is 2.38. The zero-order chi connectivity index (χ0) is 13.9. The predicted molar refractivity (Wildman–Crippen MR) is 77.1 cm³/mol. The fourth-order valence-electron chi connectivity index (χ4n) is 3.12. The maximum Gasteiger partial charge on any atom is 0.313 e. The molecule has 1 unspecified atom stereocenters. The van der Waals surface area contributed by atoms with E-state index in [4.69, 9.17) is 0 Å². The number of hydrogen-bond donors (Lipinski definition) is 1. The summed E-state index contributed by atoms with van der Waals surface area (Å²) < 4.78 is 0. The maximum absolute atomic E-state index is 11.8. The minimum Gasteiger partial charge on any atom is -0.481 e. The second-order valence-electron chi connectivity index (χ2n) is 5.77. The monoisotopic (exact) mass is 258 g/mol. The van der Waals surface area contributed by atoms with Crippen molar-refractivity contribution in [3.8, 4) is 0 Å². The topological polar surface area (TPSA) is 37.3 Å². The molecule has 1 N–H and O–H groups in total. The van der Waals surface area contributed by atoms with Crippen LogP contribution >= 0.6 is 0 Å². The first kappa shape index (κ1) is 13.9. The molecule has 2 rings (SSSR count). The molecule has 1 aromatic rings. The third-order valence-electron chi connectivity index (χ3n) is 4.28. The van der Waals surface area contributed by atoms with Gasteiger partial charge in [-0.25, -0.2) is 0 Å². The van der Waals surface area contributed by atoms with Gasteiger partial charge in [0, 0.05) is 0 Å². The molecule has 1 aliphatic rings. The Balaban J connectivity index is 2.35. The van der Waals surface area contributed by atoms with Gasteiger partial charge in [0.1, 0.15) is 0 Å². The highest BCUT2D eigenvalue weighted by molar-refractivity contribution is 5.79. The highest BCUT2D eigenvalue weighted by Crippen LogP contribution is 2.40. The number of carboxylic acids is 1. The van der Waals surface area contributed by atoms with E-state index in [1.54, 1.807) is 0 Å². The molecule has 102 valence electrons. The van der Waals surface area contributed by atoms with Crippen LogP contribution in [0.4, 0.5) is 0 Å². The van der Waals surface area contributed by atoms with E-state index in [0.29, 0.717) is 6.42 Å². The summed E-state index contributed by atoms with van der Waals surface area (Å²) in [4.78, 5) is 11.8. The van der Waals surface area contributed by atoms with Crippen LogP contribution in [0, 0.1) is 5.41 Å². The third kappa shape index (κ3) is 2.89. The smallest absolute Gasteiger partial charge is 0.313 e. The highest BCUT2D eigenvalue weighted by atomic mass is 16.4. The van der Waals surface area contributed by atoms with Gasteiger partial charge in [-0.05, 0) is 51.5 Å². The molecule has 1 atom stereocenters. The van der Waals surface area contributed by atoms with Crippen molar-refractivity contribution in [3.05, 3.63) is 47.0 Å². The average molecular weight is 258 g/mol. The van der Waals surface area contributed by atoms with Crippen molar-refractivity contribution in [2.75, 3.05) is 0 Å². The van der Waals surface area contributed by atoms with Gasteiger partial charge in [-0.15, -0.1) is 0 Å². The summed E-state index contributed by atoms with van der Waals surface area (Å²) in [5.74, 6) is -0.701. The molecule has 0 aromatic heterocycles. The molecule has 19 heavy (non-hydrogen) atoms. The van der Waals surface area contributed by atoms with Crippen molar-refractivity contribution >= 4 is 5.97 Å². The van der Waals surface area contributed by atoms with Crippen LogP contribution in [0.5, 0.6) is 0 Å². The normalized spacial score (nSPS) is 19.1. The van der Waals surface area contributed by atoms with Crippen molar-refractivity contribution in [3.63, 3.8) is 0 Å². The Hall–Kier alpha value is -1.57. The van der Waals surface area contributed by atoms with Gasteiger partial charge in [0.2, 0.25) is 0 Å². The van der Waals surface area contributed by atoms with Gasteiger partial charge in [-0.2, -0.15) is 0 Å². The van der Waals surface area contributed by atoms with Gasteiger partial charge in [0.25, 0.3) is 0 Å². The summed E-state index contributed by atoms with van der Waals surface area (Å²) in [7, 11) is 0. The summed E-state index contributed by atoms with van der Waals surface area (Å²) >= 11 is 0. The summed E-state index contributed by atoms with van der Waals surface area (Å²) in [5.41, 5.74) is 2.77. The fraction of sp³-hybridized carbons (Fsp3) is 0.471. The molecule has 1 aromatic carbocycles. The second kappa shape index (κ2) is 5.60. The van der Waals surface area contributed by atoms with Crippen LogP contribution in [0.25, 0.3) is 0 Å². The van der Waals surface area contributed by atoms with Crippen LogP contribution in [0.2, 0.25) is 0 Å². The van der Waals surface area contributed by atoms with Crippen molar-refractivity contribution in [2.24, 2.45) is 5.41 Å². The molecule has 0 fully saturated rings. The molecule has 0 saturated heterocycles. The van der Waals surface area contributed by atoms with Crippen molar-refractivity contribution in [1.82, 2.24) is 0 Å². The van der Waals surface area contributed by atoms with Gasteiger partial charge in [0.15, 0.2) is 0 Å². The Labute approximate surface area is 115 Å². The van der Waals surface area contributed by atoms with E-state index in [2.05, 4.69) is 6.92 Å². The second-order valence-corrected chi connectivity index (χ2v) is 5.77. The van der Waals surface area contributed by atoms with E-state index >= 15 is 0 Å². The van der Waals surface area contributed by atoms with Gasteiger partial charge in [0.05, 0.1) is 5.41 Å². The summed E-state index contributed by atoms with van der Waals surface area (Å²) in [6, 6.07) is 9.94. The van der Waals surface area contributed by atoms with Crippen molar-refractivity contribution < 1.29 is 9.90 Å². The van der Waals surface area contributed by atoms with E-state index < -0.39 is 11.4 Å². The lowest BCUT2D eigenvalue weighted by Gasteiger charge is -2.32. The molecule has 1 aliphatic carbocycles. The standard InChI is InChI=1S/C17H22O2/c1-13-8-6-7-11-15(13)17(2,16(18)19)12-14-9-4-3-5-10-14/h3-5,9-10H,6-8,11-12H2,1-2H3,(H,18,19). The summed E-state index contributed by atoms with van der Waals surface area (Å²) in [5, 5.41) is 9.73. The Bertz CT molecular complexity index is 487. The van der Waals surface area contributed by atoms with Crippen LogP contribution in [-0.4, -0.2) is 11.1 Å². The number of hydrogen-bond acceptors (Lipinski definition) is 1. The molecule has 0 bridgehead atoms.